The summed E-state index contributed by atoms with van der Waals surface area (Å²) in [4.78, 5) is 31.7. The van der Waals surface area contributed by atoms with Gasteiger partial charge in [-0.25, -0.2) is 15.0 Å². The first kappa shape index (κ1) is 15.4. The van der Waals surface area contributed by atoms with E-state index in [1.807, 2.05) is 26.0 Å². The Hall–Kier alpha value is -3.09. The summed E-state index contributed by atoms with van der Waals surface area (Å²) < 4.78 is 5.64. The van der Waals surface area contributed by atoms with Crippen molar-refractivity contribution in [2.45, 2.75) is 33.2 Å². The highest BCUT2D eigenvalue weighted by molar-refractivity contribution is 5.95. The molecule has 3 aromatic heterocycles. The predicted molar refractivity (Wildman–Crippen MR) is 90.8 cm³/mol. The van der Waals surface area contributed by atoms with Gasteiger partial charge < -0.3 is 4.42 Å². The van der Waals surface area contributed by atoms with Crippen LogP contribution in [0.5, 0.6) is 0 Å². The smallest absolute Gasteiger partial charge is 0.228 e. The number of carbonyl (C=O) groups excluding carboxylic acids is 1. The average molecular weight is 335 g/mol. The number of fused-ring (bicyclic) bond motifs is 1. The van der Waals surface area contributed by atoms with Crippen LogP contribution < -0.4 is 4.90 Å². The van der Waals surface area contributed by atoms with Crippen molar-refractivity contribution >= 4 is 11.7 Å². The molecule has 126 valence electrons. The van der Waals surface area contributed by atoms with E-state index in [4.69, 9.17) is 4.42 Å². The van der Waals surface area contributed by atoms with E-state index >= 15 is 0 Å². The van der Waals surface area contributed by atoms with Crippen LogP contribution in [0, 0.1) is 13.8 Å². The maximum atomic E-state index is 12.5. The molecule has 0 spiro atoms. The molecule has 0 bridgehead atoms. The van der Waals surface area contributed by atoms with Gasteiger partial charge in [0.2, 0.25) is 5.91 Å². The second-order valence-electron chi connectivity index (χ2n) is 6.02. The molecule has 0 N–H and O–H groups in total. The highest BCUT2D eigenvalue weighted by atomic mass is 16.3. The molecule has 0 unspecified atom stereocenters. The minimum Gasteiger partial charge on any atom is -0.464 e. The number of aromatic nitrogens is 4. The largest absolute Gasteiger partial charge is 0.464 e. The highest BCUT2D eigenvalue weighted by Gasteiger charge is 2.29. The van der Waals surface area contributed by atoms with E-state index < -0.39 is 0 Å². The minimum absolute atomic E-state index is 0.0322. The van der Waals surface area contributed by atoms with E-state index in [9.17, 15) is 4.79 Å². The summed E-state index contributed by atoms with van der Waals surface area (Å²) in [7, 11) is 0. The second kappa shape index (κ2) is 6.08. The van der Waals surface area contributed by atoms with Gasteiger partial charge in [-0.1, -0.05) is 0 Å². The van der Waals surface area contributed by atoms with Gasteiger partial charge in [-0.3, -0.25) is 14.7 Å². The van der Waals surface area contributed by atoms with E-state index in [1.54, 1.807) is 23.5 Å². The van der Waals surface area contributed by atoms with Crippen LogP contribution in [0.25, 0.3) is 11.5 Å². The summed E-state index contributed by atoms with van der Waals surface area (Å²) in [6.45, 7) is 4.18. The fraction of sp³-hybridized carbons (Fsp3) is 0.278. The number of hydrogen-bond acceptors (Lipinski definition) is 6. The van der Waals surface area contributed by atoms with Gasteiger partial charge in [-0.15, -0.1) is 0 Å². The van der Waals surface area contributed by atoms with Crippen LogP contribution in [0.3, 0.4) is 0 Å². The van der Waals surface area contributed by atoms with E-state index in [-0.39, 0.29) is 5.91 Å². The molecule has 0 saturated heterocycles. The lowest BCUT2D eigenvalue weighted by molar-refractivity contribution is -0.119. The second-order valence-corrected chi connectivity index (χ2v) is 6.02. The zero-order valence-corrected chi connectivity index (χ0v) is 14.1. The molecule has 7 nitrogen and oxygen atoms in total. The summed E-state index contributed by atoms with van der Waals surface area (Å²) in [5, 5.41) is 0. The van der Waals surface area contributed by atoms with Crippen molar-refractivity contribution in [2.75, 3.05) is 4.90 Å². The fourth-order valence-corrected chi connectivity index (χ4v) is 3.00. The van der Waals surface area contributed by atoms with Crippen LogP contribution in [-0.4, -0.2) is 25.8 Å². The van der Waals surface area contributed by atoms with Gasteiger partial charge >= 0.3 is 0 Å². The summed E-state index contributed by atoms with van der Waals surface area (Å²) in [5.74, 6) is 2.69. The van der Waals surface area contributed by atoms with Crippen LogP contribution in [-0.2, 0) is 17.8 Å². The molecule has 0 saturated carbocycles. The van der Waals surface area contributed by atoms with Crippen LogP contribution in [0.2, 0.25) is 0 Å². The van der Waals surface area contributed by atoms with Gasteiger partial charge in [0.15, 0.2) is 5.82 Å². The summed E-state index contributed by atoms with van der Waals surface area (Å²) >= 11 is 0. The van der Waals surface area contributed by atoms with Gasteiger partial charge in [0, 0.05) is 30.1 Å². The Kier molecular flexibility index (Phi) is 3.76. The first-order chi connectivity index (χ1) is 12.1. The number of aryl methyl sites for hydroxylation is 2. The van der Waals surface area contributed by atoms with Crippen molar-refractivity contribution in [3.8, 4) is 11.5 Å². The van der Waals surface area contributed by atoms with Crippen molar-refractivity contribution in [1.29, 1.82) is 0 Å². The summed E-state index contributed by atoms with van der Waals surface area (Å²) in [6.07, 6.45) is 5.91. The van der Waals surface area contributed by atoms with Crippen molar-refractivity contribution in [3.63, 3.8) is 0 Å². The minimum atomic E-state index is 0.0322. The molecular weight excluding hydrogens is 318 g/mol. The molecule has 0 atom stereocenters. The Morgan fingerprint density at radius 1 is 1.16 bits per heavy atom. The molecule has 1 aliphatic rings. The third-order valence-corrected chi connectivity index (χ3v) is 4.24. The predicted octanol–water partition coefficient (Wildman–Crippen LogP) is 2.62. The summed E-state index contributed by atoms with van der Waals surface area (Å²) in [5.41, 5.74) is 2.44. The fourth-order valence-electron chi connectivity index (χ4n) is 3.00. The first-order valence-corrected chi connectivity index (χ1v) is 8.11. The molecule has 0 aliphatic carbocycles. The molecule has 7 heteroatoms. The van der Waals surface area contributed by atoms with Crippen molar-refractivity contribution in [2.24, 2.45) is 0 Å². The first-order valence-electron chi connectivity index (χ1n) is 8.11. The zero-order chi connectivity index (χ0) is 17.4. The number of amides is 1. The van der Waals surface area contributed by atoms with Crippen LogP contribution in [0.4, 0.5) is 5.82 Å². The van der Waals surface area contributed by atoms with Crippen molar-refractivity contribution in [3.05, 3.63) is 53.5 Å². The molecule has 25 heavy (non-hydrogen) atoms. The normalized spacial score (nSPS) is 13.8. The number of furan rings is 1. The molecular formula is C18H17N5O2. The third kappa shape index (κ3) is 2.88. The van der Waals surface area contributed by atoms with Gasteiger partial charge in [-0.05, 0) is 32.4 Å². The lowest BCUT2D eigenvalue weighted by atomic mass is 10.0. The van der Waals surface area contributed by atoms with E-state index in [1.165, 1.54) is 0 Å². The van der Waals surface area contributed by atoms with Crippen molar-refractivity contribution < 1.29 is 9.21 Å². The van der Waals surface area contributed by atoms with Crippen molar-refractivity contribution in [1.82, 2.24) is 19.9 Å². The molecule has 0 radical (unpaired) electrons. The molecule has 3 aromatic rings. The Morgan fingerprint density at radius 3 is 2.76 bits per heavy atom. The Bertz CT molecular complexity index is 936. The zero-order valence-electron chi connectivity index (χ0n) is 14.1. The lowest BCUT2D eigenvalue weighted by Crippen LogP contribution is -2.36. The topological polar surface area (TPSA) is 85.0 Å². The summed E-state index contributed by atoms with van der Waals surface area (Å²) in [6, 6.07) is 3.77. The Morgan fingerprint density at radius 2 is 2.04 bits per heavy atom. The van der Waals surface area contributed by atoms with Crippen LogP contribution >= 0.6 is 0 Å². The Balaban J connectivity index is 1.79. The SMILES string of the molecule is Cc1ccc(CN2C(=O)CCc3c(C)nc(-c4cnccn4)nc32)o1. The number of rotatable bonds is 3. The molecule has 1 amide bonds. The quantitative estimate of drug-likeness (QED) is 0.731. The average Bonchev–Trinajstić information content (AvgIpc) is 3.03. The van der Waals surface area contributed by atoms with Gasteiger partial charge in [0.25, 0.3) is 0 Å². The maximum Gasteiger partial charge on any atom is 0.228 e. The van der Waals surface area contributed by atoms with E-state index in [0.717, 1.165) is 22.8 Å². The Labute approximate surface area is 144 Å². The molecule has 1 aliphatic heterocycles. The number of hydrogen-bond donors (Lipinski definition) is 0. The lowest BCUT2D eigenvalue weighted by Gasteiger charge is -2.28. The highest BCUT2D eigenvalue weighted by Crippen LogP contribution is 2.31. The molecule has 0 fully saturated rings. The number of nitrogens with zero attached hydrogens (tertiary/aromatic N) is 5. The van der Waals surface area contributed by atoms with E-state index in [2.05, 4.69) is 19.9 Å². The molecule has 4 rings (SSSR count). The number of carbonyl (C=O) groups is 1. The van der Waals surface area contributed by atoms with E-state index in [0.29, 0.717) is 36.7 Å². The van der Waals surface area contributed by atoms with Gasteiger partial charge in [-0.2, -0.15) is 0 Å². The van der Waals surface area contributed by atoms with Crippen LogP contribution in [0.1, 0.15) is 29.2 Å². The molecule has 4 heterocycles. The van der Waals surface area contributed by atoms with Gasteiger partial charge in [0.05, 0.1) is 12.7 Å². The number of anilines is 1. The monoisotopic (exact) mass is 335 g/mol. The maximum absolute atomic E-state index is 12.5. The standard InChI is InChI=1S/C18H17N5O2/c1-11-3-4-13(25-11)10-23-16(24)6-5-14-12(2)21-17(22-18(14)23)15-9-19-7-8-20-15/h3-4,7-9H,5-6,10H2,1-2H3. The van der Waals surface area contributed by atoms with Gasteiger partial charge in [0.1, 0.15) is 23.0 Å². The molecule has 0 aromatic carbocycles. The third-order valence-electron chi connectivity index (χ3n) is 4.24. The van der Waals surface area contributed by atoms with Crippen LogP contribution in [0.15, 0.2) is 35.1 Å².